The van der Waals surface area contributed by atoms with Crippen LogP contribution in [0.15, 0.2) is 0 Å². The SMILES string of the molecule is CCSCC(C)NCCCOC. The lowest BCUT2D eigenvalue weighted by Crippen LogP contribution is -2.29. The van der Waals surface area contributed by atoms with E-state index < -0.39 is 0 Å². The largest absolute Gasteiger partial charge is 0.385 e. The molecular formula is C9H21NOS. The van der Waals surface area contributed by atoms with E-state index in [1.165, 1.54) is 11.5 Å². The van der Waals surface area contributed by atoms with Gasteiger partial charge < -0.3 is 10.1 Å². The summed E-state index contributed by atoms with van der Waals surface area (Å²) in [5, 5.41) is 3.45. The minimum atomic E-state index is 0.631. The second kappa shape index (κ2) is 9.36. The molecule has 1 N–H and O–H groups in total. The molecule has 0 aromatic carbocycles. The molecule has 3 heteroatoms. The van der Waals surface area contributed by atoms with Crippen molar-refractivity contribution in [2.75, 3.05) is 31.8 Å². The number of hydrogen-bond acceptors (Lipinski definition) is 3. The quantitative estimate of drug-likeness (QED) is 0.591. The molecule has 0 saturated carbocycles. The van der Waals surface area contributed by atoms with E-state index >= 15 is 0 Å². The molecule has 0 saturated heterocycles. The molecule has 0 amide bonds. The van der Waals surface area contributed by atoms with Crippen molar-refractivity contribution in [2.45, 2.75) is 26.3 Å². The van der Waals surface area contributed by atoms with Crippen LogP contribution in [0.1, 0.15) is 20.3 Å². The summed E-state index contributed by atoms with van der Waals surface area (Å²) in [4.78, 5) is 0. The van der Waals surface area contributed by atoms with Gasteiger partial charge in [-0.05, 0) is 25.6 Å². The van der Waals surface area contributed by atoms with Crippen molar-refractivity contribution in [3.63, 3.8) is 0 Å². The highest BCUT2D eigenvalue weighted by molar-refractivity contribution is 7.99. The summed E-state index contributed by atoms with van der Waals surface area (Å²) in [5.74, 6) is 2.42. The Morgan fingerprint density at radius 3 is 2.83 bits per heavy atom. The number of methoxy groups -OCH3 is 1. The summed E-state index contributed by atoms with van der Waals surface area (Å²) < 4.78 is 4.96. The first-order chi connectivity index (χ1) is 5.81. The van der Waals surface area contributed by atoms with Gasteiger partial charge in [0.15, 0.2) is 0 Å². The van der Waals surface area contributed by atoms with Crippen molar-refractivity contribution in [3.8, 4) is 0 Å². The molecule has 1 unspecified atom stereocenters. The van der Waals surface area contributed by atoms with E-state index in [1.807, 2.05) is 11.8 Å². The summed E-state index contributed by atoms with van der Waals surface area (Å²) in [6, 6.07) is 0.631. The number of ether oxygens (including phenoxy) is 1. The van der Waals surface area contributed by atoms with Gasteiger partial charge in [-0.2, -0.15) is 11.8 Å². The topological polar surface area (TPSA) is 21.3 Å². The van der Waals surface area contributed by atoms with E-state index in [0.717, 1.165) is 19.6 Å². The second-order valence-corrected chi connectivity index (χ2v) is 4.18. The molecule has 0 spiro atoms. The zero-order valence-electron chi connectivity index (χ0n) is 8.43. The van der Waals surface area contributed by atoms with E-state index in [0.29, 0.717) is 6.04 Å². The van der Waals surface area contributed by atoms with Gasteiger partial charge in [-0.25, -0.2) is 0 Å². The third kappa shape index (κ3) is 8.37. The first kappa shape index (κ1) is 12.3. The Balaban J connectivity index is 3.02. The molecule has 74 valence electrons. The Kier molecular flexibility index (Phi) is 9.57. The fraction of sp³-hybridized carbons (Fsp3) is 1.00. The number of thioether (sulfide) groups is 1. The summed E-state index contributed by atoms with van der Waals surface area (Å²) in [5.41, 5.74) is 0. The molecule has 0 rings (SSSR count). The highest BCUT2D eigenvalue weighted by atomic mass is 32.2. The van der Waals surface area contributed by atoms with Gasteiger partial charge in [-0.3, -0.25) is 0 Å². The van der Waals surface area contributed by atoms with Crippen molar-refractivity contribution < 1.29 is 4.74 Å². The van der Waals surface area contributed by atoms with Crippen LogP contribution in [0.25, 0.3) is 0 Å². The van der Waals surface area contributed by atoms with Gasteiger partial charge in [0.2, 0.25) is 0 Å². The average molecular weight is 191 g/mol. The van der Waals surface area contributed by atoms with Crippen LogP contribution >= 0.6 is 11.8 Å². The summed E-state index contributed by atoms with van der Waals surface area (Å²) in [6.45, 7) is 6.36. The molecule has 12 heavy (non-hydrogen) atoms. The predicted octanol–water partition coefficient (Wildman–Crippen LogP) is 1.75. The Morgan fingerprint density at radius 1 is 1.50 bits per heavy atom. The molecule has 0 bridgehead atoms. The van der Waals surface area contributed by atoms with Gasteiger partial charge in [0.25, 0.3) is 0 Å². The monoisotopic (exact) mass is 191 g/mol. The first-order valence-electron chi connectivity index (χ1n) is 4.61. The number of nitrogens with one attached hydrogen (secondary N) is 1. The fourth-order valence-corrected chi connectivity index (χ4v) is 1.63. The molecule has 0 aromatic heterocycles. The Labute approximate surface area is 80.4 Å². The van der Waals surface area contributed by atoms with Crippen molar-refractivity contribution in [2.24, 2.45) is 0 Å². The molecule has 0 aliphatic carbocycles. The molecular weight excluding hydrogens is 170 g/mol. The van der Waals surface area contributed by atoms with Crippen LogP contribution in [0.4, 0.5) is 0 Å². The van der Waals surface area contributed by atoms with Gasteiger partial charge in [0.1, 0.15) is 0 Å². The molecule has 0 heterocycles. The summed E-state index contributed by atoms with van der Waals surface area (Å²) >= 11 is 1.99. The second-order valence-electron chi connectivity index (χ2n) is 2.86. The van der Waals surface area contributed by atoms with Crippen molar-refractivity contribution in [1.29, 1.82) is 0 Å². The highest BCUT2D eigenvalue weighted by Crippen LogP contribution is 2.00. The fourth-order valence-electron chi connectivity index (χ4n) is 0.919. The molecule has 1 atom stereocenters. The van der Waals surface area contributed by atoms with Gasteiger partial charge in [-0.15, -0.1) is 0 Å². The minimum Gasteiger partial charge on any atom is -0.385 e. The summed E-state index contributed by atoms with van der Waals surface area (Å²) in [7, 11) is 1.75. The molecule has 0 aliphatic rings. The van der Waals surface area contributed by atoms with E-state index in [2.05, 4.69) is 19.2 Å². The third-order valence-electron chi connectivity index (χ3n) is 1.59. The van der Waals surface area contributed by atoms with Crippen LogP contribution in [-0.2, 0) is 4.74 Å². The average Bonchev–Trinajstić information content (AvgIpc) is 2.09. The molecule has 0 fully saturated rings. The number of rotatable bonds is 8. The highest BCUT2D eigenvalue weighted by Gasteiger charge is 1.98. The lowest BCUT2D eigenvalue weighted by atomic mass is 10.3. The zero-order chi connectivity index (χ0) is 9.23. The van der Waals surface area contributed by atoms with E-state index in [4.69, 9.17) is 4.74 Å². The van der Waals surface area contributed by atoms with Crippen LogP contribution in [0.3, 0.4) is 0 Å². The van der Waals surface area contributed by atoms with E-state index in [9.17, 15) is 0 Å². The van der Waals surface area contributed by atoms with Crippen LogP contribution in [0.5, 0.6) is 0 Å². The molecule has 2 nitrogen and oxygen atoms in total. The molecule has 0 aromatic rings. The maximum Gasteiger partial charge on any atom is 0.0474 e. The zero-order valence-corrected chi connectivity index (χ0v) is 9.25. The van der Waals surface area contributed by atoms with Crippen LogP contribution < -0.4 is 5.32 Å². The van der Waals surface area contributed by atoms with Gasteiger partial charge in [0.05, 0.1) is 0 Å². The standard InChI is InChI=1S/C9H21NOS/c1-4-12-8-9(2)10-6-5-7-11-3/h9-10H,4-8H2,1-3H3. The van der Waals surface area contributed by atoms with Crippen molar-refractivity contribution >= 4 is 11.8 Å². The van der Waals surface area contributed by atoms with Crippen molar-refractivity contribution in [3.05, 3.63) is 0 Å². The Bertz CT molecular complexity index is 90.6. The molecule has 0 aliphatic heterocycles. The molecule has 0 radical (unpaired) electrons. The maximum absolute atomic E-state index is 4.96. The normalized spacial score (nSPS) is 13.2. The lowest BCUT2D eigenvalue weighted by molar-refractivity contribution is 0.193. The van der Waals surface area contributed by atoms with Gasteiger partial charge in [-0.1, -0.05) is 6.92 Å². The minimum absolute atomic E-state index is 0.631. The lowest BCUT2D eigenvalue weighted by Gasteiger charge is -2.12. The van der Waals surface area contributed by atoms with Gasteiger partial charge >= 0.3 is 0 Å². The Hall–Kier alpha value is 0.270. The van der Waals surface area contributed by atoms with Crippen LogP contribution in [0.2, 0.25) is 0 Å². The van der Waals surface area contributed by atoms with Gasteiger partial charge in [0, 0.05) is 25.5 Å². The van der Waals surface area contributed by atoms with Crippen LogP contribution in [0, 0.1) is 0 Å². The Morgan fingerprint density at radius 2 is 2.25 bits per heavy atom. The van der Waals surface area contributed by atoms with Crippen molar-refractivity contribution in [1.82, 2.24) is 5.32 Å². The van der Waals surface area contributed by atoms with Crippen LogP contribution in [-0.4, -0.2) is 37.8 Å². The summed E-state index contributed by atoms with van der Waals surface area (Å²) in [6.07, 6.45) is 1.11. The maximum atomic E-state index is 4.96. The smallest absolute Gasteiger partial charge is 0.0474 e. The predicted molar refractivity (Wildman–Crippen MR) is 57.0 cm³/mol. The third-order valence-corrected chi connectivity index (χ3v) is 2.73. The van der Waals surface area contributed by atoms with E-state index in [-0.39, 0.29) is 0 Å². The van der Waals surface area contributed by atoms with E-state index in [1.54, 1.807) is 7.11 Å². The first-order valence-corrected chi connectivity index (χ1v) is 5.76. The number of hydrogen-bond donors (Lipinski definition) is 1.